The quantitative estimate of drug-likeness (QED) is 0.464. The Bertz CT molecular complexity index is 849. The van der Waals surface area contributed by atoms with E-state index >= 15 is 0 Å². The number of carbonyl (C=O) groups excluding carboxylic acids is 1. The van der Waals surface area contributed by atoms with E-state index in [-0.39, 0.29) is 5.82 Å². The summed E-state index contributed by atoms with van der Waals surface area (Å²) >= 11 is 0. The third-order valence-electron chi connectivity index (χ3n) is 4.16. The lowest BCUT2D eigenvalue weighted by Crippen LogP contribution is -2.27. The van der Waals surface area contributed by atoms with Crippen LogP contribution in [0.5, 0.6) is 0 Å². The second kappa shape index (κ2) is 8.27. The molecular formula is C21H19FN2O2. The summed E-state index contributed by atoms with van der Waals surface area (Å²) in [5.41, 5.74) is 5.17. The highest BCUT2D eigenvalue weighted by atomic mass is 19.1. The Morgan fingerprint density at radius 2 is 1.50 bits per heavy atom. The minimum atomic E-state index is -0.590. The molecule has 4 nitrogen and oxygen atoms in total. The van der Waals surface area contributed by atoms with Crippen LogP contribution in [0.1, 0.15) is 22.6 Å². The van der Waals surface area contributed by atoms with Gasteiger partial charge in [-0.3, -0.25) is 10.0 Å². The van der Waals surface area contributed by atoms with Gasteiger partial charge in [0.15, 0.2) is 0 Å². The van der Waals surface area contributed by atoms with Gasteiger partial charge < -0.3 is 5.32 Å². The molecule has 0 fully saturated rings. The topological polar surface area (TPSA) is 61.4 Å². The first-order valence-corrected chi connectivity index (χ1v) is 8.24. The van der Waals surface area contributed by atoms with Gasteiger partial charge in [0, 0.05) is 12.2 Å². The molecule has 3 N–H and O–H groups in total. The van der Waals surface area contributed by atoms with Crippen molar-refractivity contribution in [3.05, 3.63) is 101 Å². The molecule has 1 atom stereocenters. The molecule has 0 spiro atoms. The number of anilines is 1. The highest BCUT2D eigenvalue weighted by Gasteiger charge is 2.22. The lowest BCUT2D eigenvalue weighted by molar-refractivity contribution is -0.129. The monoisotopic (exact) mass is 350 g/mol. The van der Waals surface area contributed by atoms with Gasteiger partial charge in [0.1, 0.15) is 5.82 Å². The van der Waals surface area contributed by atoms with Crippen LogP contribution < -0.4 is 10.8 Å². The van der Waals surface area contributed by atoms with E-state index in [4.69, 9.17) is 5.21 Å². The van der Waals surface area contributed by atoms with E-state index in [2.05, 4.69) is 5.32 Å². The van der Waals surface area contributed by atoms with Crippen molar-refractivity contribution in [2.45, 2.75) is 12.5 Å². The van der Waals surface area contributed by atoms with E-state index < -0.39 is 11.8 Å². The Kier molecular flexibility index (Phi) is 5.61. The van der Waals surface area contributed by atoms with Crippen LogP contribution in [0.15, 0.2) is 78.9 Å². The molecule has 0 saturated heterocycles. The van der Waals surface area contributed by atoms with Crippen LogP contribution in [0.3, 0.4) is 0 Å². The Hall–Kier alpha value is -3.18. The summed E-state index contributed by atoms with van der Waals surface area (Å²) < 4.78 is 12.9. The molecule has 1 amide bonds. The Morgan fingerprint density at radius 3 is 2.12 bits per heavy atom. The number of carbonyl (C=O) groups is 1. The Morgan fingerprint density at radius 1 is 0.885 bits per heavy atom. The van der Waals surface area contributed by atoms with Gasteiger partial charge in [-0.25, -0.2) is 9.87 Å². The number of benzene rings is 3. The van der Waals surface area contributed by atoms with Crippen molar-refractivity contribution in [2.24, 2.45) is 0 Å². The molecule has 0 radical (unpaired) electrons. The van der Waals surface area contributed by atoms with Gasteiger partial charge in [-0.2, -0.15) is 0 Å². The van der Waals surface area contributed by atoms with Crippen molar-refractivity contribution in [1.29, 1.82) is 0 Å². The number of hydrogen-bond acceptors (Lipinski definition) is 3. The average Bonchev–Trinajstić information content (AvgIpc) is 2.69. The first kappa shape index (κ1) is 17.6. The molecule has 0 aliphatic rings. The number of amides is 1. The molecule has 3 aromatic rings. The first-order chi connectivity index (χ1) is 12.7. The lowest BCUT2D eigenvalue weighted by Gasteiger charge is -2.16. The Labute approximate surface area is 151 Å². The molecule has 1 unspecified atom stereocenters. The maximum Gasteiger partial charge on any atom is 0.255 e. The maximum atomic E-state index is 12.9. The Balaban J connectivity index is 1.74. The zero-order chi connectivity index (χ0) is 18.4. The van der Waals surface area contributed by atoms with Crippen molar-refractivity contribution >= 4 is 11.6 Å². The van der Waals surface area contributed by atoms with Crippen LogP contribution in [-0.2, 0) is 11.3 Å². The second-order valence-electron chi connectivity index (χ2n) is 5.92. The fourth-order valence-corrected chi connectivity index (χ4v) is 2.81. The number of hydroxylamine groups is 1. The van der Waals surface area contributed by atoms with E-state index in [1.165, 1.54) is 12.1 Å². The maximum absolute atomic E-state index is 12.9. The summed E-state index contributed by atoms with van der Waals surface area (Å²) in [5.74, 6) is -1.33. The largest absolute Gasteiger partial charge is 0.381 e. The fraction of sp³-hybridized carbons (Fsp3) is 0.0952. The van der Waals surface area contributed by atoms with Crippen LogP contribution in [0, 0.1) is 5.82 Å². The molecule has 0 bridgehead atoms. The van der Waals surface area contributed by atoms with Gasteiger partial charge in [-0.05, 0) is 41.0 Å². The zero-order valence-electron chi connectivity index (χ0n) is 14.0. The zero-order valence-corrected chi connectivity index (χ0v) is 14.0. The average molecular weight is 350 g/mol. The number of nitrogens with one attached hydrogen (secondary N) is 2. The predicted octanol–water partition coefficient (Wildman–Crippen LogP) is 4.08. The first-order valence-electron chi connectivity index (χ1n) is 8.24. The van der Waals surface area contributed by atoms with E-state index in [9.17, 15) is 9.18 Å². The molecule has 0 aromatic heterocycles. The summed E-state index contributed by atoms with van der Waals surface area (Å²) in [4.78, 5) is 12.1. The van der Waals surface area contributed by atoms with Gasteiger partial charge in [-0.1, -0.05) is 54.6 Å². The third kappa shape index (κ3) is 4.26. The number of rotatable bonds is 6. The molecule has 26 heavy (non-hydrogen) atoms. The van der Waals surface area contributed by atoms with Crippen LogP contribution in [0.2, 0.25) is 0 Å². The molecule has 0 aliphatic heterocycles. The molecular weight excluding hydrogens is 331 g/mol. The van der Waals surface area contributed by atoms with Crippen LogP contribution in [0.4, 0.5) is 10.1 Å². The number of halogens is 1. The van der Waals surface area contributed by atoms with Crippen LogP contribution in [-0.4, -0.2) is 11.1 Å². The summed E-state index contributed by atoms with van der Waals surface area (Å²) in [6.07, 6.45) is 0. The predicted molar refractivity (Wildman–Crippen MR) is 98.4 cm³/mol. The van der Waals surface area contributed by atoms with E-state index in [1.54, 1.807) is 17.6 Å². The molecule has 0 aliphatic carbocycles. The minimum absolute atomic E-state index is 0.257. The van der Waals surface area contributed by atoms with Crippen molar-refractivity contribution < 1.29 is 14.4 Å². The smallest absolute Gasteiger partial charge is 0.255 e. The lowest BCUT2D eigenvalue weighted by atomic mass is 9.90. The molecule has 3 rings (SSSR count). The van der Waals surface area contributed by atoms with Crippen molar-refractivity contribution in [2.75, 3.05) is 5.32 Å². The number of hydrogen-bond donors (Lipinski definition) is 3. The highest BCUT2D eigenvalue weighted by Crippen LogP contribution is 2.26. The standard InChI is InChI=1S/C21H19FN2O2/c22-18-10-6-15(7-11-18)14-23-19-12-8-17(9-13-19)20(21(25)24-26)16-4-2-1-3-5-16/h1-13,20,23,26H,14H2,(H,24,25). The molecule has 3 aromatic carbocycles. The van der Waals surface area contributed by atoms with Crippen molar-refractivity contribution in [3.63, 3.8) is 0 Å². The van der Waals surface area contributed by atoms with Crippen LogP contribution in [0.25, 0.3) is 0 Å². The third-order valence-corrected chi connectivity index (χ3v) is 4.16. The van der Waals surface area contributed by atoms with Gasteiger partial charge >= 0.3 is 0 Å². The van der Waals surface area contributed by atoms with Crippen molar-refractivity contribution in [3.8, 4) is 0 Å². The van der Waals surface area contributed by atoms with E-state index in [0.717, 1.165) is 22.4 Å². The van der Waals surface area contributed by atoms with Crippen molar-refractivity contribution in [1.82, 2.24) is 5.48 Å². The second-order valence-corrected chi connectivity index (χ2v) is 5.92. The molecule has 0 heterocycles. The summed E-state index contributed by atoms with van der Waals surface area (Å²) in [6.45, 7) is 0.568. The highest BCUT2D eigenvalue weighted by molar-refractivity contribution is 5.86. The summed E-state index contributed by atoms with van der Waals surface area (Å²) in [5, 5.41) is 12.3. The molecule has 132 valence electrons. The van der Waals surface area contributed by atoms with Gasteiger partial charge in [0.05, 0.1) is 5.92 Å². The molecule has 0 saturated carbocycles. The fourth-order valence-electron chi connectivity index (χ4n) is 2.81. The SMILES string of the molecule is O=C(NO)C(c1ccccc1)c1ccc(NCc2ccc(F)cc2)cc1. The summed E-state index contributed by atoms with van der Waals surface area (Å²) in [6, 6.07) is 23.0. The van der Waals surface area contributed by atoms with E-state index in [1.807, 2.05) is 54.6 Å². The van der Waals surface area contributed by atoms with Gasteiger partial charge in [0.25, 0.3) is 5.91 Å². The van der Waals surface area contributed by atoms with Gasteiger partial charge in [0.2, 0.25) is 0 Å². The van der Waals surface area contributed by atoms with Gasteiger partial charge in [-0.15, -0.1) is 0 Å². The van der Waals surface area contributed by atoms with Crippen LogP contribution >= 0.6 is 0 Å². The minimum Gasteiger partial charge on any atom is -0.381 e. The summed E-state index contributed by atoms with van der Waals surface area (Å²) in [7, 11) is 0. The normalized spacial score (nSPS) is 11.6. The van der Waals surface area contributed by atoms with E-state index in [0.29, 0.717) is 6.54 Å². The molecule has 5 heteroatoms.